The van der Waals surface area contributed by atoms with Gasteiger partial charge in [0.05, 0.1) is 19.1 Å². The third-order valence-electron chi connectivity index (χ3n) is 3.78. The van der Waals surface area contributed by atoms with Crippen molar-refractivity contribution in [1.29, 1.82) is 0 Å². The Hall–Kier alpha value is -1.63. The van der Waals surface area contributed by atoms with Crippen LogP contribution in [0.2, 0.25) is 0 Å². The number of hydrogen-bond acceptors (Lipinski definition) is 5. The summed E-state index contributed by atoms with van der Waals surface area (Å²) in [6.07, 6.45) is 1.55. The van der Waals surface area contributed by atoms with Crippen molar-refractivity contribution in [2.75, 3.05) is 39.3 Å². The van der Waals surface area contributed by atoms with E-state index in [1.54, 1.807) is 0 Å². The predicted molar refractivity (Wildman–Crippen MR) is 70.9 cm³/mol. The molecular weight excluding hydrogens is 262 g/mol. The van der Waals surface area contributed by atoms with Crippen LogP contribution in [0.3, 0.4) is 0 Å². The number of urea groups is 1. The van der Waals surface area contributed by atoms with E-state index < -0.39 is 0 Å². The van der Waals surface area contributed by atoms with Crippen LogP contribution in [0.5, 0.6) is 0 Å². The van der Waals surface area contributed by atoms with Gasteiger partial charge >= 0.3 is 12.0 Å². The van der Waals surface area contributed by atoms with Crippen molar-refractivity contribution in [2.24, 2.45) is 5.92 Å². The Morgan fingerprint density at radius 3 is 2.55 bits per heavy atom. The van der Waals surface area contributed by atoms with Crippen LogP contribution in [0.4, 0.5) is 4.79 Å². The molecule has 0 spiro atoms. The number of rotatable bonds is 5. The summed E-state index contributed by atoms with van der Waals surface area (Å²) in [5, 5.41) is 2.50. The molecular formula is C13H21N3O4. The summed E-state index contributed by atoms with van der Waals surface area (Å²) in [5.41, 5.74) is 0. The number of amides is 3. The maximum atomic E-state index is 11.6. The van der Waals surface area contributed by atoms with Gasteiger partial charge in [-0.15, -0.1) is 0 Å². The fourth-order valence-electron chi connectivity index (χ4n) is 2.58. The second-order valence-corrected chi connectivity index (χ2v) is 5.07. The number of likely N-dealkylation sites (tertiary alicyclic amines) is 1. The van der Waals surface area contributed by atoms with Gasteiger partial charge in [-0.3, -0.25) is 14.5 Å². The zero-order chi connectivity index (χ0) is 14.5. The first-order valence-corrected chi connectivity index (χ1v) is 7.09. The monoisotopic (exact) mass is 283 g/mol. The van der Waals surface area contributed by atoms with E-state index in [4.69, 9.17) is 4.74 Å². The lowest BCUT2D eigenvalue weighted by Gasteiger charge is -2.31. The van der Waals surface area contributed by atoms with Gasteiger partial charge in [-0.1, -0.05) is 0 Å². The van der Waals surface area contributed by atoms with Crippen LogP contribution in [0.25, 0.3) is 0 Å². The molecule has 0 saturated carbocycles. The fourth-order valence-corrected chi connectivity index (χ4v) is 2.58. The molecule has 3 amide bonds. The van der Waals surface area contributed by atoms with E-state index in [1.807, 2.05) is 6.92 Å². The van der Waals surface area contributed by atoms with Crippen molar-refractivity contribution in [2.45, 2.75) is 19.8 Å². The first-order chi connectivity index (χ1) is 9.61. The molecule has 112 valence electrons. The second-order valence-electron chi connectivity index (χ2n) is 5.07. The van der Waals surface area contributed by atoms with Crippen LogP contribution >= 0.6 is 0 Å². The molecule has 0 aromatic heterocycles. The van der Waals surface area contributed by atoms with Gasteiger partial charge in [-0.25, -0.2) is 4.79 Å². The zero-order valence-corrected chi connectivity index (χ0v) is 11.8. The van der Waals surface area contributed by atoms with Crippen molar-refractivity contribution in [3.8, 4) is 0 Å². The summed E-state index contributed by atoms with van der Waals surface area (Å²) >= 11 is 0. The van der Waals surface area contributed by atoms with Crippen LogP contribution < -0.4 is 5.32 Å². The van der Waals surface area contributed by atoms with Gasteiger partial charge in [0.1, 0.15) is 0 Å². The Balaban J connectivity index is 1.71. The quantitative estimate of drug-likeness (QED) is 0.559. The molecule has 0 radical (unpaired) electrons. The summed E-state index contributed by atoms with van der Waals surface area (Å²) in [5.74, 6) is -0.291. The molecule has 2 rings (SSSR count). The average molecular weight is 283 g/mol. The lowest BCUT2D eigenvalue weighted by molar-refractivity contribution is -0.149. The second kappa shape index (κ2) is 6.69. The maximum Gasteiger partial charge on any atom is 0.324 e. The Morgan fingerprint density at radius 2 is 2.00 bits per heavy atom. The summed E-state index contributed by atoms with van der Waals surface area (Å²) in [7, 11) is 0. The molecule has 2 saturated heterocycles. The molecule has 0 unspecified atom stereocenters. The molecule has 7 nitrogen and oxygen atoms in total. The number of ether oxygens (including phenoxy) is 1. The van der Waals surface area contributed by atoms with Crippen LogP contribution in [-0.2, 0) is 14.3 Å². The highest BCUT2D eigenvalue weighted by atomic mass is 16.5. The summed E-state index contributed by atoms with van der Waals surface area (Å²) < 4.78 is 5.02. The van der Waals surface area contributed by atoms with E-state index in [1.165, 1.54) is 4.90 Å². The van der Waals surface area contributed by atoms with Gasteiger partial charge in [0.25, 0.3) is 0 Å². The van der Waals surface area contributed by atoms with Crippen LogP contribution in [0, 0.1) is 5.92 Å². The molecule has 0 aromatic carbocycles. The number of carbonyl (C=O) groups excluding carboxylic acids is 3. The summed E-state index contributed by atoms with van der Waals surface area (Å²) in [4.78, 5) is 37.9. The van der Waals surface area contributed by atoms with E-state index in [0.717, 1.165) is 25.9 Å². The number of imide groups is 1. The van der Waals surface area contributed by atoms with Crippen LogP contribution in [0.1, 0.15) is 19.8 Å². The number of esters is 1. The van der Waals surface area contributed by atoms with E-state index in [-0.39, 0.29) is 30.4 Å². The standard InChI is InChI=1S/C13H21N3O4/c1-2-20-12(18)10-3-5-15(6-4-10)7-8-16-11(17)9-14-13(16)19/h10H,2-9H2,1H3,(H,14,19). The fraction of sp³-hybridized carbons (Fsp3) is 0.769. The molecule has 7 heteroatoms. The summed E-state index contributed by atoms with van der Waals surface area (Å²) in [6, 6.07) is -0.309. The molecule has 2 aliphatic rings. The largest absolute Gasteiger partial charge is 0.466 e. The van der Waals surface area contributed by atoms with Crippen molar-refractivity contribution < 1.29 is 19.1 Å². The third-order valence-corrected chi connectivity index (χ3v) is 3.78. The molecule has 0 atom stereocenters. The minimum atomic E-state index is -0.309. The molecule has 2 heterocycles. The lowest BCUT2D eigenvalue weighted by atomic mass is 9.97. The Labute approximate surface area is 118 Å². The smallest absolute Gasteiger partial charge is 0.324 e. The third kappa shape index (κ3) is 3.47. The minimum absolute atomic E-state index is 0.0112. The summed E-state index contributed by atoms with van der Waals surface area (Å²) in [6.45, 7) is 5.00. The topological polar surface area (TPSA) is 79.0 Å². The molecule has 0 aromatic rings. The molecule has 20 heavy (non-hydrogen) atoms. The predicted octanol–water partition coefficient (Wildman–Crippen LogP) is -0.187. The first kappa shape index (κ1) is 14.8. The number of carbonyl (C=O) groups is 3. The number of nitrogens with one attached hydrogen (secondary N) is 1. The van der Waals surface area contributed by atoms with Gasteiger partial charge < -0.3 is 15.0 Å². The van der Waals surface area contributed by atoms with Crippen LogP contribution in [0.15, 0.2) is 0 Å². The highest BCUT2D eigenvalue weighted by molar-refractivity contribution is 6.01. The average Bonchev–Trinajstić information content (AvgIpc) is 2.77. The van der Waals surface area contributed by atoms with Crippen LogP contribution in [-0.4, -0.2) is 67.0 Å². The van der Waals surface area contributed by atoms with Crippen molar-refractivity contribution >= 4 is 17.9 Å². The molecule has 0 bridgehead atoms. The normalized spacial score (nSPS) is 21.1. The van der Waals surface area contributed by atoms with E-state index >= 15 is 0 Å². The number of hydrogen-bond donors (Lipinski definition) is 1. The Kier molecular flexibility index (Phi) is 4.94. The number of nitrogens with zero attached hydrogens (tertiary/aromatic N) is 2. The highest BCUT2D eigenvalue weighted by Crippen LogP contribution is 2.18. The van der Waals surface area contributed by atoms with Gasteiger partial charge in [-0.2, -0.15) is 0 Å². The van der Waals surface area contributed by atoms with E-state index in [9.17, 15) is 14.4 Å². The lowest BCUT2D eigenvalue weighted by Crippen LogP contribution is -2.43. The van der Waals surface area contributed by atoms with Crippen molar-refractivity contribution in [3.05, 3.63) is 0 Å². The maximum absolute atomic E-state index is 11.6. The first-order valence-electron chi connectivity index (χ1n) is 7.09. The van der Waals surface area contributed by atoms with Gasteiger partial charge in [0.15, 0.2) is 0 Å². The SMILES string of the molecule is CCOC(=O)C1CCN(CCN2C(=O)CNC2=O)CC1. The van der Waals surface area contributed by atoms with Gasteiger partial charge in [0.2, 0.25) is 5.91 Å². The zero-order valence-electron chi connectivity index (χ0n) is 11.8. The molecule has 0 aliphatic carbocycles. The van der Waals surface area contributed by atoms with Gasteiger partial charge in [-0.05, 0) is 32.9 Å². The minimum Gasteiger partial charge on any atom is -0.466 e. The van der Waals surface area contributed by atoms with Crippen molar-refractivity contribution in [1.82, 2.24) is 15.1 Å². The van der Waals surface area contributed by atoms with E-state index in [2.05, 4.69) is 10.2 Å². The van der Waals surface area contributed by atoms with Crippen molar-refractivity contribution in [3.63, 3.8) is 0 Å². The Bertz CT molecular complexity index is 375. The van der Waals surface area contributed by atoms with E-state index in [0.29, 0.717) is 19.7 Å². The Morgan fingerprint density at radius 1 is 1.30 bits per heavy atom. The molecule has 2 fully saturated rings. The highest BCUT2D eigenvalue weighted by Gasteiger charge is 2.30. The van der Waals surface area contributed by atoms with Gasteiger partial charge in [0, 0.05) is 13.1 Å². The molecule has 2 aliphatic heterocycles. The number of piperidine rings is 1. The molecule has 1 N–H and O–H groups in total.